The maximum atomic E-state index is 10.6. The molecule has 1 aliphatic rings. The van der Waals surface area contributed by atoms with Crippen LogP contribution in [0.1, 0.15) is 43.7 Å². The van der Waals surface area contributed by atoms with Crippen molar-refractivity contribution in [2.45, 2.75) is 38.1 Å². The molecule has 0 saturated heterocycles. The molecule has 3 heteroatoms. The summed E-state index contributed by atoms with van der Waals surface area (Å²) in [5.41, 5.74) is 1.07. The van der Waals surface area contributed by atoms with E-state index in [9.17, 15) is 4.79 Å². The van der Waals surface area contributed by atoms with Crippen LogP contribution in [0.15, 0.2) is 29.3 Å². The Hall–Kier alpha value is -1.11. The Balaban J connectivity index is 2.21. The van der Waals surface area contributed by atoms with Gasteiger partial charge in [-0.25, -0.2) is 4.79 Å². The highest BCUT2D eigenvalue weighted by Gasteiger charge is 2.24. The lowest BCUT2D eigenvalue weighted by molar-refractivity contribution is 0.309. The molecule has 1 atom stereocenters. The summed E-state index contributed by atoms with van der Waals surface area (Å²) in [4.78, 5) is 14.6. The van der Waals surface area contributed by atoms with E-state index in [2.05, 4.69) is 4.99 Å². The lowest BCUT2D eigenvalue weighted by Gasteiger charge is -2.26. The summed E-state index contributed by atoms with van der Waals surface area (Å²) in [7, 11) is 0. The van der Waals surface area contributed by atoms with Crippen molar-refractivity contribution in [3.63, 3.8) is 0 Å². The summed E-state index contributed by atoms with van der Waals surface area (Å²) in [5, 5.41) is 0.714. The van der Waals surface area contributed by atoms with E-state index >= 15 is 0 Å². The third-order valence-corrected chi connectivity index (χ3v) is 3.75. The van der Waals surface area contributed by atoms with Gasteiger partial charge in [0.05, 0.1) is 6.04 Å². The molecule has 1 aliphatic carbocycles. The Bertz CT molecular complexity index is 403. The molecule has 2 nitrogen and oxygen atoms in total. The van der Waals surface area contributed by atoms with Crippen molar-refractivity contribution < 1.29 is 4.79 Å². The van der Waals surface area contributed by atoms with E-state index in [0.717, 1.165) is 18.4 Å². The van der Waals surface area contributed by atoms with Crippen LogP contribution in [0, 0.1) is 5.92 Å². The predicted molar refractivity (Wildman–Crippen MR) is 68.9 cm³/mol. The van der Waals surface area contributed by atoms with Crippen LogP contribution in [0.2, 0.25) is 5.02 Å². The van der Waals surface area contributed by atoms with E-state index in [-0.39, 0.29) is 6.04 Å². The average Bonchev–Trinajstić information content (AvgIpc) is 2.38. The first-order chi connectivity index (χ1) is 8.31. The molecular formula is C14H16ClNO. The molecule has 0 aliphatic heterocycles. The van der Waals surface area contributed by atoms with Gasteiger partial charge in [0.2, 0.25) is 6.08 Å². The number of aliphatic imine (C=N–C) groups is 1. The van der Waals surface area contributed by atoms with Crippen molar-refractivity contribution in [3.05, 3.63) is 34.9 Å². The first-order valence-corrected chi connectivity index (χ1v) is 6.51. The summed E-state index contributed by atoms with van der Waals surface area (Å²) in [6.07, 6.45) is 7.80. The van der Waals surface area contributed by atoms with E-state index in [0.29, 0.717) is 10.9 Å². The Morgan fingerprint density at radius 1 is 1.18 bits per heavy atom. The van der Waals surface area contributed by atoms with E-state index in [1.807, 2.05) is 24.3 Å². The van der Waals surface area contributed by atoms with Crippen LogP contribution in [-0.2, 0) is 4.79 Å². The van der Waals surface area contributed by atoms with Crippen molar-refractivity contribution in [1.29, 1.82) is 0 Å². The van der Waals surface area contributed by atoms with Gasteiger partial charge < -0.3 is 0 Å². The first-order valence-electron chi connectivity index (χ1n) is 6.13. The van der Waals surface area contributed by atoms with Crippen molar-refractivity contribution in [2.75, 3.05) is 0 Å². The van der Waals surface area contributed by atoms with Gasteiger partial charge in [0.25, 0.3) is 0 Å². The van der Waals surface area contributed by atoms with Gasteiger partial charge in [-0.2, -0.15) is 4.99 Å². The van der Waals surface area contributed by atoms with Crippen molar-refractivity contribution >= 4 is 17.7 Å². The van der Waals surface area contributed by atoms with Crippen LogP contribution in [-0.4, -0.2) is 6.08 Å². The fourth-order valence-corrected chi connectivity index (χ4v) is 2.74. The Labute approximate surface area is 107 Å². The van der Waals surface area contributed by atoms with Crippen LogP contribution < -0.4 is 0 Å². The lowest BCUT2D eigenvalue weighted by atomic mass is 9.81. The van der Waals surface area contributed by atoms with E-state index in [4.69, 9.17) is 11.6 Å². The largest absolute Gasteiger partial charge is 0.235 e. The van der Waals surface area contributed by atoms with Gasteiger partial charge >= 0.3 is 0 Å². The molecule has 90 valence electrons. The number of rotatable bonds is 3. The molecular weight excluding hydrogens is 234 g/mol. The second-order valence-electron chi connectivity index (χ2n) is 4.61. The van der Waals surface area contributed by atoms with Gasteiger partial charge in [-0.1, -0.05) is 43.0 Å². The fraction of sp³-hybridized carbons (Fsp3) is 0.500. The molecule has 1 saturated carbocycles. The van der Waals surface area contributed by atoms with Gasteiger partial charge in [0.15, 0.2) is 0 Å². The fourth-order valence-electron chi connectivity index (χ4n) is 2.62. The number of nitrogens with zero attached hydrogens (tertiary/aromatic N) is 1. The number of hydrogen-bond donors (Lipinski definition) is 0. The molecule has 1 aromatic carbocycles. The summed E-state index contributed by atoms with van der Waals surface area (Å²) < 4.78 is 0. The highest BCUT2D eigenvalue weighted by atomic mass is 35.5. The minimum Gasteiger partial charge on any atom is -0.211 e. The van der Waals surface area contributed by atoms with Gasteiger partial charge in [-0.05, 0) is 36.5 Å². The minimum absolute atomic E-state index is 0.0370. The molecule has 1 aromatic rings. The summed E-state index contributed by atoms with van der Waals surface area (Å²) in [6.45, 7) is 0. The number of hydrogen-bond acceptors (Lipinski definition) is 2. The predicted octanol–water partition coefficient (Wildman–Crippen LogP) is 4.30. The molecule has 0 heterocycles. The van der Waals surface area contributed by atoms with Crippen LogP contribution in [0.25, 0.3) is 0 Å². The maximum Gasteiger partial charge on any atom is 0.235 e. The van der Waals surface area contributed by atoms with E-state index < -0.39 is 0 Å². The third-order valence-electron chi connectivity index (χ3n) is 3.50. The summed E-state index contributed by atoms with van der Waals surface area (Å²) in [6, 6.07) is 7.59. The van der Waals surface area contributed by atoms with Crippen molar-refractivity contribution in [1.82, 2.24) is 0 Å². The standard InChI is InChI=1S/C14H16ClNO/c15-13-8-6-12(7-9-13)14(16-10-17)11-4-2-1-3-5-11/h6-9,11,14H,1-5H2. The van der Waals surface area contributed by atoms with E-state index in [1.165, 1.54) is 19.3 Å². The zero-order valence-corrected chi connectivity index (χ0v) is 10.5. The van der Waals surface area contributed by atoms with Gasteiger partial charge in [-0.15, -0.1) is 0 Å². The molecule has 0 radical (unpaired) electrons. The molecule has 17 heavy (non-hydrogen) atoms. The first kappa shape index (κ1) is 12.3. The SMILES string of the molecule is O=C=NC(c1ccc(Cl)cc1)C1CCCCC1. The molecule has 0 bridgehead atoms. The Morgan fingerprint density at radius 3 is 2.41 bits per heavy atom. The number of benzene rings is 1. The van der Waals surface area contributed by atoms with Crippen LogP contribution in [0.5, 0.6) is 0 Å². The summed E-state index contributed by atoms with van der Waals surface area (Å²) >= 11 is 5.87. The Kier molecular flexibility index (Phi) is 4.36. The minimum atomic E-state index is -0.0370. The Morgan fingerprint density at radius 2 is 1.82 bits per heavy atom. The molecule has 1 unspecified atom stereocenters. The van der Waals surface area contributed by atoms with Crippen LogP contribution in [0.4, 0.5) is 0 Å². The third kappa shape index (κ3) is 3.18. The molecule has 0 spiro atoms. The monoisotopic (exact) mass is 249 g/mol. The zero-order chi connectivity index (χ0) is 12.1. The second kappa shape index (κ2) is 6.00. The topological polar surface area (TPSA) is 29.4 Å². The highest BCUT2D eigenvalue weighted by molar-refractivity contribution is 6.30. The number of isocyanates is 1. The second-order valence-corrected chi connectivity index (χ2v) is 5.05. The molecule has 0 N–H and O–H groups in total. The number of halogens is 1. The van der Waals surface area contributed by atoms with Crippen LogP contribution in [0.3, 0.4) is 0 Å². The van der Waals surface area contributed by atoms with Crippen molar-refractivity contribution in [3.8, 4) is 0 Å². The molecule has 0 amide bonds. The zero-order valence-electron chi connectivity index (χ0n) is 9.73. The summed E-state index contributed by atoms with van der Waals surface area (Å²) in [5.74, 6) is 0.478. The smallest absolute Gasteiger partial charge is 0.211 e. The van der Waals surface area contributed by atoms with Gasteiger partial charge in [-0.3, -0.25) is 0 Å². The van der Waals surface area contributed by atoms with Gasteiger partial charge in [0, 0.05) is 5.02 Å². The highest BCUT2D eigenvalue weighted by Crippen LogP contribution is 2.36. The van der Waals surface area contributed by atoms with Crippen LogP contribution >= 0.6 is 11.6 Å². The quantitative estimate of drug-likeness (QED) is 0.580. The van der Waals surface area contributed by atoms with E-state index in [1.54, 1.807) is 6.08 Å². The maximum absolute atomic E-state index is 10.6. The molecule has 1 fully saturated rings. The lowest BCUT2D eigenvalue weighted by Crippen LogP contribution is -2.14. The van der Waals surface area contributed by atoms with Gasteiger partial charge in [0.1, 0.15) is 0 Å². The number of carbonyl (C=O) groups excluding carboxylic acids is 1. The normalized spacial score (nSPS) is 18.4. The van der Waals surface area contributed by atoms with Crippen molar-refractivity contribution in [2.24, 2.45) is 10.9 Å². The average molecular weight is 250 g/mol. The molecule has 2 rings (SSSR count). The molecule has 0 aromatic heterocycles.